The number of ether oxygens (including phenoxy) is 2. The third-order valence-electron chi connectivity index (χ3n) is 3.99. The first-order valence-electron chi connectivity index (χ1n) is 9.40. The fourth-order valence-corrected chi connectivity index (χ4v) is 2.55. The molecule has 30 heavy (non-hydrogen) atoms. The van der Waals surface area contributed by atoms with E-state index in [4.69, 9.17) is 9.47 Å². The zero-order valence-corrected chi connectivity index (χ0v) is 16.3. The number of aromatic nitrogens is 1. The van der Waals surface area contributed by atoms with Crippen LogP contribution in [0.15, 0.2) is 60.8 Å². The predicted molar refractivity (Wildman–Crippen MR) is 109 cm³/mol. The Morgan fingerprint density at radius 1 is 1.07 bits per heavy atom. The van der Waals surface area contributed by atoms with Crippen molar-refractivity contribution in [3.63, 3.8) is 0 Å². The number of carbonyl (C=O) groups is 1. The molecule has 3 aromatic rings. The van der Waals surface area contributed by atoms with E-state index in [9.17, 15) is 13.6 Å². The molecule has 0 aliphatic heterocycles. The maximum atomic E-state index is 13.7. The van der Waals surface area contributed by atoms with Crippen LogP contribution in [-0.4, -0.2) is 17.6 Å². The van der Waals surface area contributed by atoms with E-state index in [1.165, 1.54) is 0 Å². The zero-order chi connectivity index (χ0) is 21.3. The van der Waals surface area contributed by atoms with E-state index in [0.717, 1.165) is 18.6 Å². The van der Waals surface area contributed by atoms with Crippen molar-refractivity contribution in [2.75, 3.05) is 11.9 Å². The molecule has 0 saturated carbocycles. The van der Waals surface area contributed by atoms with Gasteiger partial charge in [0, 0.05) is 24.4 Å². The lowest BCUT2D eigenvalue weighted by atomic mass is 10.2. The number of hydrogen-bond donors (Lipinski definition) is 2. The summed E-state index contributed by atoms with van der Waals surface area (Å²) in [6.45, 7) is 2.64. The molecule has 6 nitrogen and oxygen atoms in total. The van der Waals surface area contributed by atoms with Gasteiger partial charge in [0.2, 0.25) is 5.88 Å². The molecule has 2 N–H and O–H groups in total. The quantitative estimate of drug-likeness (QED) is 0.528. The van der Waals surface area contributed by atoms with Gasteiger partial charge in [-0.25, -0.2) is 18.6 Å². The molecule has 3 rings (SSSR count). The van der Waals surface area contributed by atoms with Gasteiger partial charge in [0.1, 0.15) is 11.6 Å². The molecule has 0 radical (unpaired) electrons. The summed E-state index contributed by atoms with van der Waals surface area (Å²) >= 11 is 0. The second-order valence-corrected chi connectivity index (χ2v) is 6.30. The van der Waals surface area contributed by atoms with Gasteiger partial charge in [-0.1, -0.05) is 25.1 Å². The number of benzene rings is 2. The highest BCUT2D eigenvalue weighted by atomic mass is 19.1. The Bertz CT molecular complexity index is 1010. The third kappa shape index (κ3) is 5.66. The zero-order valence-electron chi connectivity index (χ0n) is 16.3. The van der Waals surface area contributed by atoms with Gasteiger partial charge in [-0.2, -0.15) is 0 Å². The van der Waals surface area contributed by atoms with Gasteiger partial charge in [0.05, 0.1) is 12.3 Å². The Kier molecular flexibility index (Phi) is 7.15. The molecule has 8 heteroatoms. The number of para-hydroxylation sites is 2. The van der Waals surface area contributed by atoms with Crippen LogP contribution in [0.3, 0.4) is 0 Å². The highest BCUT2D eigenvalue weighted by molar-refractivity contribution is 5.89. The van der Waals surface area contributed by atoms with Crippen LogP contribution in [0.5, 0.6) is 17.4 Å². The van der Waals surface area contributed by atoms with Crippen LogP contribution in [0.25, 0.3) is 0 Å². The van der Waals surface area contributed by atoms with Crippen LogP contribution in [0.2, 0.25) is 0 Å². The fourth-order valence-electron chi connectivity index (χ4n) is 2.55. The van der Waals surface area contributed by atoms with Gasteiger partial charge in [0.15, 0.2) is 11.5 Å². The summed E-state index contributed by atoms with van der Waals surface area (Å²) in [7, 11) is 0. The molecule has 0 fully saturated rings. The maximum Gasteiger partial charge on any atom is 0.319 e. The average Bonchev–Trinajstić information content (AvgIpc) is 2.74. The molecule has 0 saturated heterocycles. The minimum absolute atomic E-state index is 0.0792. The Labute approximate surface area is 172 Å². The lowest BCUT2D eigenvalue weighted by Gasteiger charge is -2.14. The molecule has 2 amide bonds. The number of urea groups is 1. The van der Waals surface area contributed by atoms with Crippen molar-refractivity contribution in [2.24, 2.45) is 0 Å². The van der Waals surface area contributed by atoms with Crippen molar-refractivity contribution in [1.29, 1.82) is 0 Å². The Morgan fingerprint density at radius 3 is 2.63 bits per heavy atom. The first-order chi connectivity index (χ1) is 14.6. The van der Waals surface area contributed by atoms with E-state index < -0.39 is 17.7 Å². The number of halogens is 2. The fraction of sp³-hybridized carbons (Fsp3) is 0.182. The Morgan fingerprint density at radius 2 is 1.87 bits per heavy atom. The smallest absolute Gasteiger partial charge is 0.319 e. The van der Waals surface area contributed by atoms with E-state index in [-0.39, 0.29) is 12.2 Å². The number of nitrogens with zero attached hydrogens (tertiary/aromatic N) is 1. The number of amides is 2. The van der Waals surface area contributed by atoms with Crippen molar-refractivity contribution >= 4 is 11.7 Å². The normalized spacial score (nSPS) is 10.4. The predicted octanol–water partition coefficient (Wildman–Crippen LogP) is 5.26. The minimum atomic E-state index is -0.862. The van der Waals surface area contributed by atoms with E-state index in [1.54, 1.807) is 30.5 Å². The lowest BCUT2D eigenvalue weighted by molar-refractivity contribution is 0.251. The lowest BCUT2D eigenvalue weighted by Crippen LogP contribution is -2.28. The molecule has 0 aliphatic rings. The Hall–Kier alpha value is -3.68. The Balaban J connectivity index is 1.66. The molecule has 1 aromatic heterocycles. The van der Waals surface area contributed by atoms with E-state index in [0.29, 0.717) is 35.6 Å². The van der Waals surface area contributed by atoms with Crippen LogP contribution >= 0.6 is 0 Å². The average molecular weight is 413 g/mol. The molecule has 0 aliphatic carbocycles. The van der Waals surface area contributed by atoms with Gasteiger partial charge in [-0.15, -0.1) is 0 Å². The van der Waals surface area contributed by atoms with E-state index in [2.05, 4.69) is 15.6 Å². The van der Waals surface area contributed by atoms with Crippen molar-refractivity contribution in [3.8, 4) is 17.4 Å². The summed E-state index contributed by atoms with van der Waals surface area (Å²) in [4.78, 5) is 16.3. The summed E-state index contributed by atoms with van der Waals surface area (Å²) in [5, 5.41) is 4.94. The van der Waals surface area contributed by atoms with Gasteiger partial charge in [-0.3, -0.25) is 0 Å². The first kappa shape index (κ1) is 21.0. The van der Waals surface area contributed by atoms with Crippen LogP contribution in [-0.2, 0) is 6.54 Å². The molecular formula is C22H21F2N3O3. The van der Waals surface area contributed by atoms with Crippen LogP contribution in [0.1, 0.15) is 18.9 Å². The van der Waals surface area contributed by atoms with Gasteiger partial charge < -0.3 is 20.1 Å². The minimum Gasteiger partial charge on any atom is -0.490 e. The second kappa shape index (κ2) is 10.2. The van der Waals surface area contributed by atoms with Crippen LogP contribution < -0.4 is 20.1 Å². The number of nitrogens with one attached hydrogen (secondary N) is 2. The van der Waals surface area contributed by atoms with Crippen molar-refractivity contribution in [1.82, 2.24) is 10.3 Å². The highest BCUT2D eigenvalue weighted by Gasteiger charge is 2.12. The first-order valence-corrected chi connectivity index (χ1v) is 9.40. The van der Waals surface area contributed by atoms with Crippen LogP contribution in [0.4, 0.5) is 19.3 Å². The SMILES string of the molecule is CCCOc1ccccc1Oc1ncccc1CNC(=O)Nc1ccc(F)cc1F. The number of rotatable bonds is 8. The molecule has 0 atom stereocenters. The standard InChI is InChI=1S/C22H21F2N3O3/c1-2-12-29-19-7-3-4-8-20(19)30-21-15(6-5-11-25-21)14-26-22(28)27-18-10-9-16(23)13-17(18)24/h3-11,13H,2,12,14H2,1H3,(H2,26,27,28). The number of pyridine rings is 1. The topological polar surface area (TPSA) is 72.5 Å². The molecule has 156 valence electrons. The van der Waals surface area contributed by atoms with Gasteiger partial charge >= 0.3 is 6.03 Å². The van der Waals surface area contributed by atoms with Crippen molar-refractivity contribution in [2.45, 2.75) is 19.9 Å². The summed E-state index contributed by atoms with van der Waals surface area (Å²) in [6.07, 6.45) is 2.43. The molecule has 1 heterocycles. The maximum absolute atomic E-state index is 13.7. The largest absolute Gasteiger partial charge is 0.490 e. The van der Waals surface area contributed by atoms with Gasteiger partial charge in [0.25, 0.3) is 0 Å². The molecule has 0 spiro atoms. The van der Waals surface area contributed by atoms with Crippen molar-refractivity contribution < 1.29 is 23.0 Å². The molecule has 0 bridgehead atoms. The third-order valence-corrected chi connectivity index (χ3v) is 3.99. The summed E-state index contributed by atoms with van der Waals surface area (Å²) in [5.41, 5.74) is 0.482. The summed E-state index contributed by atoms with van der Waals surface area (Å²) in [5.74, 6) is -0.187. The number of hydrogen-bond acceptors (Lipinski definition) is 4. The molecule has 2 aromatic carbocycles. The second-order valence-electron chi connectivity index (χ2n) is 6.30. The summed E-state index contributed by atoms with van der Waals surface area (Å²) < 4.78 is 38.3. The number of anilines is 1. The van der Waals surface area contributed by atoms with Crippen molar-refractivity contribution in [3.05, 3.63) is 78.0 Å². The van der Waals surface area contributed by atoms with E-state index in [1.807, 2.05) is 19.1 Å². The monoisotopic (exact) mass is 413 g/mol. The molecule has 0 unspecified atom stereocenters. The van der Waals surface area contributed by atoms with Gasteiger partial charge in [-0.05, 0) is 36.8 Å². The summed E-state index contributed by atoms with van der Waals surface area (Å²) in [6, 6.07) is 12.9. The van der Waals surface area contributed by atoms with E-state index >= 15 is 0 Å². The van der Waals surface area contributed by atoms with Crippen LogP contribution in [0, 0.1) is 11.6 Å². The number of carbonyl (C=O) groups excluding carboxylic acids is 1. The highest BCUT2D eigenvalue weighted by Crippen LogP contribution is 2.31. The molecular weight excluding hydrogens is 392 g/mol.